The van der Waals surface area contributed by atoms with Crippen molar-refractivity contribution in [2.45, 2.75) is 60.5 Å². The van der Waals surface area contributed by atoms with Gasteiger partial charge >= 0.3 is 0 Å². The highest BCUT2D eigenvalue weighted by Crippen LogP contribution is 2.68. The minimum absolute atomic E-state index is 0.0108. The molecule has 1 saturated carbocycles. The van der Waals surface area contributed by atoms with Crippen LogP contribution in [0.2, 0.25) is 0 Å². The number of rotatable bonds is 3. The molecule has 0 radical (unpaired) electrons. The molecular weight excluding hydrogens is 252 g/mol. The summed E-state index contributed by atoms with van der Waals surface area (Å²) in [6.07, 6.45) is 0. The Balaban J connectivity index is 2.22. The van der Waals surface area contributed by atoms with Crippen LogP contribution in [0.3, 0.4) is 0 Å². The van der Waals surface area contributed by atoms with Gasteiger partial charge in [-0.15, -0.1) is 0 Å². The highest BCUT2D eigenvalue weighted by Gasteiger charge is 2.65. The number of hydrogen-bond acceptors (Lipinski definition) is 2. The maximum atomic E-state index is 12.5. The second-order valence-corrected chi connectivity index (χ2v) is 7.91. The lowest BCUT2D eigenvalue weighted by molar-refractivity contribution is -0.151. The number of amides is 2. The van der Waals surface area contributed by atoms with Gasteiger partial charge in [-0.1, -0.05) is 41.5 Å². The average molecular weight is 280 g/mol. The number of hydrogen-bond donors (Lipinski definition) is 1. The maximum Gasteiger partial charge on any atom is 0.245 e. The van der Waals surface area contributed by atoms with E-state index in [2.05, 4.69) is 33.0 Å². The van der Waals surface area contributed by atoms with Gasteiger partial charge in [-0.05, 0) is 29.6 Å². The SMILES string of the molecule is CC1NC(=O)C(C(C)C)N(CC2C(C)(C)C2(C)C)C1=O. The second kappa shape index (κ2) is 4.47. The van der Waals surface area contributed by atoms with E-state index in [9.17, 15) is 9.59 Å². The summed E-state index contributed by atoms with van der Waals surface area (Å²) in [7, 11) is 0. The maximum absolute atomic E-state index is 12.5. The van der Waals surface area contributed by atoms with Crippen molar-refractivity contribution >= 4 is 11.8 Å². The van der Waals surface area contributed by atoms with Crippen LogP contribution in [0.5, 0.6) is 0 Å². The molecule has 1 aliphatic heterocycles. The first-order valence-electron chi connectivity index (χ1n) is 7.62. The first-order valence-corrected chi connectivity index (χ1v) is 7.62. The van der Waals surface area contributed by atoms with Crippen molar-refractivity contribution in [3.8, 4) is 0 Å². The number of carbonyl (C=O) groups is 2. The molecule has 1 heterocycles. The fourth-order valence-corrected chi connectivity index (χ4v) is 3.74. The summed E-state index contributed by atoms with van der Waals surface area (Å²) in [5, 5.41) is 2.80. The van der Waals surface area contributed by atoms with Gasteiger partial charge in [0.25, 0.3) is 0 Å². The zero-order chi connectivity index (χ0) is 15.5. The van der Waals surface area contributed by atoms with Crippen molar-refractivity contribution in [2.75, 3.05) is 6.54 Å². The Bertz CT molecular complexity index is 426. The molecule has 2 unspecified atom stereocenters. The van der Waals surface area contributed by atoms with Gasteiger partial charge in [0.15, 0.2) is 0 Å². The fourth-order valence-electron chi connectivity index (χ4n) is 3.74. The standard InChI is InChI=1S/C16H28N2O2/c1-9(2)12-13(19)17-10(3)14(20)18(12)8-11-15(4,5)16(11,6)7/h9-12H,8H2,1-7H3,(H,17,19). The lowest BCUT2D eigenvalue weighted by atomic mass is 9.96. The van der Waals surface area contributed by atoms with Gasteiger partial charge in [0.1, 0.15) is 12.1 Å². The van der Waals surface area contributed by atoms with Crippen molar-refractivity contribution in [1.29, 1.82) is 0 Å². The van der Waals surface area contributed by atoms with E-state index >= 15 is 0 Å². The van der Waals surface area contributed by atoms with Gasteiger partial charge < -0.3 is 10.2 Å². The Kier molecular flexibility index (Phi) is 3.43. The second-order valence-electron chi connectivity index (χ2n) is 7.91. The molecule has 2 atom stereocenters. The predicted octanol–water partition coefficient (Wildman–Crippen LogP) is 2.04. The van der Waals surface area contributed by atoms with Crippen LogP contribution in [0.4, 0.5) is 0 Å². The molecule has 0 aromatic heterocycles. The Hall–Kier alpha value is -1.06. The Labute approximate surface area is 122 Å². The predicted molar refractivity (Wildman–Crippen MR) is 79.0 cm³/mol. The van der Waals surface area contributed by atoms with Crippen molar-refractivity contribution in [3.05, 3.63) is 0 Å². The molecule has 2 aliphatic rings. The van der Waals surface area contributed by atoms with Gasteiger partial charge in [-0.2, -0.15) is 0 Å². The van der Waals surface area contributed by atoms with Gasteiger partial charge in [0.05, 0.1) is 0 Å². The molecule has 2 fully saturated rings. The summed E-state index contributed by atoms with van der Waals surface area (Å²) in [4.78, 5) is 26.5. The molecule has 1 N–H and O–H groups in total. The molecule has 114 valence electrons. The van der Waals surface area contributed by atoms with Gasteiger partial charge in [-0.3, -0.25) is 9.59 Å². The van der Waals surface area contributed by atoms with Gasteiger partial charge in [0, 0.05) is 6.54 Å². The Morgan fingerprint density at radius 3 is 2.05 bits per heavy atom. The summed E-state index contributed by atoms with van der Waals surface area (Å²) in [6, 6.07) is -0.728. The molecule has 0 aromatic rings. The third-order valence-electron chi connectivity index (χ3n) is 5.95. The quantitative estimate of drug-likeness (QED) is 0.860. The summed E-state index contributed by atoms with van der Waals surface area (Å²) in [5.41, 5.74) is 0.456. The molecule has 1 saturated heterocycles. The summed E-state index contributed by atoms with van der Waals surface area (Å²) in [5.74, 6) is 0.639. The van der Waals surface area contributed by atoms with E-state index in [0.717, 1.165) is 0 Å². The Morgan fingerprint density at radius 1 is 1.15 bits per heavy atom. The zero-order valence-corrected chi connectivity index (χ0v) is 13.8. The molecule has 1 aliphatic carbocycles. The van der Waals surface area contributed by atoms with Crippen LogP contribution in [0, 0.1) is 22.7 Å². The third kappa shape index (κ3) is 2.04. The van der Waals surface area contributed by atoms with E-state index in [4.69, 9.17) is 0 Å². The highest BCUT2D eigenvalue weighted by atomic mass is 16.2. The largest absolute Gasteiger partial charge is 0.343 e. The number of carbonyl (C=O) groups excluding carboxylic acids is 2. The van der Waals surface area contributed by atoms with Crippen molar-refractivity contribution in [3.63, 3.8) is 0 Å². The van der Waals surface area contributed by atoms with Crippen LogP contribution >= 0.6 is 0 Å². The summed E-state index contributed by atoms with van der Waals surface area (Å²) in [6.45, 7) is 15.5. The number of piperazine rings is 1. The average Bonchev–Trinajstić information content (AvgIpc) is 2.67. The van der Waals surface area contributed by atoms with Crippen LogP contribution in [-0.4, -0.2) is 35.3 Å². The fraction of sp³-hybridized carbons (Fsp3) is 0.875. The molecule has 0 aromatic carbocycles. The molecule has 2 amide bonds. The van der Waals surface area contributed by atoms with Crippen LogP contribution < -0.4 is 5.32 Å². The molecule has 0 spiro atoms. The highest BCUT2D eigenvalue weighted by molar-refractivity contribution is 5.96. The minimum atomic E-state index is -0.400. The summed E-state index contributed by atoms with van der Waals surface area (Å²) >= 11 is 0. The molecule has 0 bridgehead atoms. The topological polar surface area (TPSA) is 49.4 Å². The zero-order valence-electron chi connectivity index (χ0n) is 13.8. The number of nitrogens with zero attached hydrogens (tertiary/aromatic N) is 1. The van der Waals surface area contributed by atoms with Crippen LogP contribution in [-0.2, 0) is 9.59 Å². The van der Waals surface area contributed by atoms with Crippen molar-refractivity contribution in [1.82, 2.24) is 10.2 Å². The summed E-state index contributed by atoms with van der Waals surface area (Å²) < 4.78 is 0. The third-order valence-corrected chi connectivity index (χ3v) is 5.95. The van der Waals surface area contributed by atoms with Crippen molar-refractivity contribution in [2.24, 2.45) is 22.7 Å². The minimum Gasteiger partial charge on any atom is -0.343 e. The molecule has 4 heteroatoms. The molecule has 4 nitrogen and oxygen atoms in total. The monoisotopic (exact) mass is 280 g/mol. The lowest BCUT2D eigenvalue weighted by Crippen LogP contribution is -2.64. The molecular formula is C16H28N2O2. The van der Waals surface area contributed by atoms with E-state index in [0.29, 0.717) is 12.5 Å². The van der Waals surface area contributed by atoms with Crippen LogP contribution in [0.1, 0.15) is 48.5 Å². The normalized spacial score (nSPS) is 32.5. The van der Waals surface area contributed by atoms with E-state index in [-0.39, 0.29) is 34.6 Å². The first kappa shape index (κ1) is 15.3. The van der Waals surface area contributed by atoms with Crippen molar-refractivity contribution < 1.29 is 9.59 Å². The van der Waals surface area contributed by atoms with E-state index < -0.39 is 6.04 Å². The molecule has 2 rings (SSSR count). The van der Waals surface area contributed by atoms with Crippen LogP contribution in [0.25, 0.3) is 0 Å². The lowest BCUT2D eigenvalue weighted by Gasteiger charge is -2.40. The van der Waals surface area contributed by atoms with Gasteiger partial charge in [-0.25, -0.2) is 0 Å². The van der Waals surface area contributed by atoms with E-state index in [1.165, 1.54) is 0 Å². The first-order chi connectivity index (χ1) is 9.01. The number of nitrogens with one attached hydrogen (secondary N) is 1. The van der Waals surface area contributed by atoms with E-state index in [1.807, 2.05) is 18.7 Å². The van der Waals surface area contributed by atoms with Gasteiger partial charge in [0.2, 0.25) is 11.8 Å². The smallest absolute Gasteiger partial charge is 0.245 e. The van der Waals surface area contributed by atoms with E-state index in [1.54, 1.807) is 6.92 Å². The molecule has 20 heavy (non-hydrogen) atoms. The van der Waals surface area contributed by atoms with Crippen LogP contribution in [0.15, 0.2) is 0 Å². The Morgan fingerprint density at radius 2 is 1.65 bits per heavy atom.